The van der Waals surface area contributed by atoms with Gasteiger partial charge in [0.2, 0.25) is 0 Å². The Labute approximate surface area is 153 Å². The topological polar surface area (TPSA) is 46.6 Å². The maximum absolute atomic E-state index is 13.3. The van der Waals surface area contributed by atoms with Crippen molar-refractivity contribution >= 4 is 29.1 Å². The summed E-state index contributed by atoms with van der Waals surface area (Å²) in [5.41, 5.74) is 1.23. The number of methoxy groups -OCH3 is 1. The number of hydrogen-bond donors (Lipinski definition) is 0. The van der Waals surface area contributed by atoms with Crippen LogP contribution in [0.1, 0.15) is 51.0 Å². The number of para-hydroxylation sites is 1. The summed E-state index contributed by atoms with van der Waals surface area (Å²) in [6.45, 7) is 2.00. The van der Waals surface area contributed by atoms with Crippen molar-refractivity contribution in [2.75, 3.05) is 12.9 Å². The number of ether oxygens (including phenoxy) is 1. The Hall–Kier alpha value is -1.75. The van der Waals surface area contributed by atoms with Gasteiger partial charge in [-0.15, -0.1) is 11.8 Å². The Balaban J connectivity index is 2.02. The SMILES string of the molecule is CCSC1=C(c2ccccc2OC)C(=O)N(C2CCCCCC2)C1=O. The van der Waals surface area contributed by atoms with E-state index >= 15 is 0 Å². The molecule has 5 heteroatoms. The Morgan fingerprint density at radius 1 is 1.08 bits per heavy atom. The highest BCUT2D eigenvalue weighted by molar-refractivity contribution is 8.04. The van der Waals surface area contributed by atoms with Crippen molar-refractivity contribution in [3.8, 4) is 5.75 Å². The van der Waals surface area contributed by atoms with E-state index in [1.165, 1.54) is 29.5 Å². The zero-order chi connectivity index (χ0) is 17.8. The van der Waals surface area contributed by atoms with Gasteiger partial charge in [-0.2, -0.15) is 0 Å². The van der Waals surface area contributed by atoms with E-state index in [2.05, 4.69) is 0 Å². The fourth-order valence-corrected chi connectivity index (χ4v) is 4.59. The lowest BCUT2D eigenvalue weighted by atomic mass is 10.0. The van der Waals surface area contributed by atoms with Crippen molar-refractivity contribution in [3.05, 3.63) is 34.7 Å². The minimum Gasteiger partial charge on any atom is -0.496 e. The van der Waals surface area contributed by atoms with E-state index in [9.17, 15) is 9.59 Å². The molecule has 1 aromatic rings. The van der Waals surface area contributed by atoms with Crippen LogP contribution in [0, 0.1) is 0 Å². The summed E-state index contributed by atoms with van der Waals surface area (Å²) >= 11 is 1.46. The molecule has 0 saturated heterocycles. The van der Waals surface area contributed by atoms with Crippen molar-refractivity contribution in [3.63, 3.8) is 0 Å². The molecule has 0 aromatic heterocycles. The summed E-state index contributed by atoms with van der Waals surface area (Å²) in [5, 5.41) is 0. The molecule has 2 aliphatic rings. The number of carbonyl (C=O) groups is 2. The van der Waals surface area contributed by atoms with E-state index < -0.39 is 0 Å². The molecular formula is C20H25NO3S. The second-order valence-electron chi connectivity index (χ2n) is 6.46. The molecule has 134 valence electrons. The highest BCUT2D eigenvalue weighted by Gasteiger charge is 2.43. The predicted octanol–water partition coefficient (Wildman–Crippen LogP) is 4.25. The van der Waals surface area contributed by atoms with Crippen molar-refractivity contribution in [1.82, 2.24) is 4.90 Å². The fourth-order valence-electron chi connectivity index (χ4n) is 3.74. The third-order valence-corrected chi connectivity index (χ3v) is 5.88. The highest BCUT2D eigenvalue weighted by atomic mass is 32.2. The van der Waals surface area contributed by atoms with Crippen LogP contribution in [0.25, 0.3) is 5.57 Å². The summed E-state index contributed by atoms with van der Waals surface area (Å²) in [6.07, 6.45) is 6.39. The van der Waals surface area contributed by atoms with Gasteiger partial charge in [0.25, 0.3) is 11.8 Å². The number of rotatable bonds is 5. The third kappa shape index (κ3) is 3.47. The van der Waals surface area contributed by atoms with E-state index in [1.807, 2.05) is 31.2 Å². The zero-order valence-corrected chi connectivity index (χ0v) is 15.7. The van der Waals surface area contributed by atoms with Crippen LogP contribution in [-0.2, 0) is 9.59 Å². The van der Waals surface area contributed by atoms with Gasteiger partial charge in [-0.25, -0.2) is 0 Å². The van der Waals surface area contributed by atoms with Crippen molar-refractivity contribution in [2.45, 2.75) is 51.5 Å². The molecule has 1 aliphatic heterocycles. The molecule has 2 amide bonds. The molecule has 3 rings (SSSR count). The smallest absolute Gasteiger partial charge is 0.268 e. The summed E-state index contributed by atoms with van der Waals surface area (Å²) < 4.78 is 5.44. The molecule has 1 fully saturated rings. The van der Waals surface area contributed by atoms with E-state index in [4.69, 9.17) is 4.74 Å². The van der Waals surface area contributed by atoms with Crippen LogP contribution in [0.3, 0.4) is 0 Å². The maximum atomic E-state index is 13.3. The van der Waals surface area contributed by atoms with Crippen LogP contribution in [0.4, 0.5) is 0 Å². The quantitative estimate of drug-likeness (QED) is 0.582. The van der Waals surface area contributed by atoms with Crippen LogP contribution < -0.4 is 4.74 Å². The third-order valence-electron chi connectivity index (χ3n) is 4.93. The Morgan fingerprint density at radius 2 is 1.76 bits per heavy atom. The lowest BCUT2D eigenvalue weighted by molar-refractivity contribution is -0.139. The van der Waals surface area contributed by atoms with Gasteiger partial charge in [-0.1, -0.05) is 50.8 Å². The Morgan fingerprint density at radius 3 is 2.40 bits per heavy atom. The van der Waals surface area contributed by atoms with E-state index in [1.54, 1.807) is 7.11 Å². The minimum atomic E-state index is -0.155. The maximum Gasteiger partial charge on any atom is 0.268 e. The first-order chi connectivity index (χ1) is 12.2. The molecule has 4 nitrogen and oxygen atoms in total. The standard InChI is InChI=1S/C20H25NO3S/c1-3-25-18-17(15-12-8-9-13-16(15)24-2)19(22)21(20(18)23)14-10-6-4-5-7-11-14/h8-9,12-14H,3-7,10-11H2,1-2H3. The van der Waals surface area contributed by atoms with Crippen molar-refractivity contribution in [2.24, 2.45) is 0 Å². The zero-order valence-electron chi connectivity index (χ0n) is 14.9. The van der Waals surface area contributed by atoms with Crippen LogP contribution in [-0.4, -0.2) is 35.6 Å². The van der Waals surface area contributed by atoms with Crippen molar-refractivity contribution in [1.29, 1.82) is 0 Å². The lowest BCUT2D eigenvalue weighted by Crippen LogP contribution is -2.40. The van der Waals surface area contributed by atoms with Gasteiger partial charge in [0.15, 0.2) is 0 Å². The molecule has 0 spiro atoms. The first-order valence-corrected chi connectivity index (χ1v) is 10.1. The van der Waals surface area contributed by atoms with Crippen LogP contribution >= 0.6 is 11.8 Å². The highest BCUT2D eigenvalue weighted by Crippen LogP contribution is 2.41. The molecule has 0 bridgehead atoms. The van der Waals surface area contributed by atoms with Gasteiger partial charge in [-0.3, -0.25) is 14.5 Å². The van der Waals surface area contributed by atoms with E-state index in [-0.39, 0.29) is 17.9 Å². The molecule has 0 atom stereocenters. The number of hydrogen-bond acceptors (Lipinski definition) is 4. The monoisotopic (exact) mass is 359 g/mol. The number of carbonyl (C=O) groups excluding carboxylic acids is 2. The average Bonchev–Trinajstić information content (AvgIpc) is 2.80. The van der Waals surface area contributed by atoms with E-state index in [0.717, 1.165) is 37.0 Å². The predicted molar refractivity (Wildman–Crippen MR) is 101 cm³/mol. The average molecular weight is 359 g/mol. The molecule has 1 saturated carbocycles. The number of thioether (sulfide) groups is 1. The first kappa shape index (κ1) is 18.1. The van der Waals surface area contributed by atoms with Crippen LogP contribution in [0.5, 0.6) is 5.75 Å². The van der Waals surface area contributed by atoms with Gasteiger partial charge in [-0.05, 0) is 24.7 Å². The first-order valence-electron chi connectivity index (χ1n) is 9.07. The second kappa shape index (κ2) is 8.09. The molecule has 1 aliphatic carbocycles. The summed E-state index contributed by atoms with van der Waals surface area (Å²) in [6, 6.07) is 7.49. The largest absolute Gasteiger partial charge is 0.496 e. The van der Waals surface area contributed by atoms with E-state index in [0.29, 0.717) is 16.2 Å². The second-order valence-corrected chi connectivity index (χ2v) is 7.74. The number of benzene rings is 1. The molecule has 0 unspecified atom stereocenters. The lowest BCUT2D eigenvalue weighted by Gasteiger charge is -2.25. The number of imide groups is 1. The molecular weight excluding hydrogens is 334 g/mol. The fraction of sp³-hybridized carbons (Fsp3) is 0.500. The number of nitrogens with zero attached hydrogens (tertiary/aromatic N) is 1. The summed E-state index contributed by atoms with van der Waals surface area (Å²) in [7, 11) is 1.59. The Bertz CT molecular complexity index is 690. The van der Waals surface area contributed by atoms with Crippen molar-refractivity contribution < 1.29 is 14.3 Å². The molecule has 0 radical (unpaired) electrons. The van der Waals surface area contributed by atoms with Gasteiger partial charge < -0.3 is 4.74 Å². The minimum absolute atomic E-state index is 0.0298. The van der Waals surface area contributed by atoms with Crippen LogP contribution in [0.2, 0.25) is 0 Å². The Kier molecular flexibility index (Phi) is 5.84. The van der Waals surface area contributed by atoms with Gasteiger partial charge in [0.1, 0.15) is 5.75 Å². The molecule has 1 heterocycles. The molecule has 0 N–H and O–H groups in total. The van der Waals surface area contributed by atoms with Gasteiger partial charge >= 0.3 is 0 Å². The number of amides is 2. The molecule has 1 aromatic carbocycles. The van der Waals surface area contributed by atoms with Gasteiger partial charge in [0, 0.05) is 11.6 Å². The van der Waals surface area contributed by atoms with Gasteiger partial charge in [0.05, 0.1) is 17.6 Å². The molecule has 25 heavy (non-hydrogen) atoms. The summed E-state index contributed by atoms with van der Waals surface area (Å²) in [4.78, 5) is 28.4. The van der Waals surface area contributed by atoms with Crippen LogP contribution in [0.15, 0.2) is 29.2 Å². The summed E-state index contributed by atoms with van der Waals surface area (Å²) in [5.74, 6) is 1.11. The normalized spacial score (nSPS) is 19.5.